The fourth-order valence-electron chi connectivity index (χ4n) is 4.16. The summed E-state index contributed by atoms with van der Waals surface area (Å²) in [4.78, 5) is 11.0. The number of halogens is 3. The first kappa shape index (κ1) is 22.6. The fourth-order valence-corrected chi connectivity index (χ4v) is 5.08. The molecule has 168 valence electrons. The van der Waals surface area contributed by atoms with E-state index in [0.717, 1.165) is 23.6 Å². The Morgan fingerprint density at radius 3 is 2.28 bits per heavy atom. The standard InChI is InChI=1S/C25H26F3N3S/c1-2-31(20-15-13-19(14-16-20)18-9-5-3-6-10-18)24-29-17-22(25(26,27)28)23(30-24)32-21-11-7-4-8-12-21/h4,7-8,11-18H,2-3,5-6,9-10H2,1H3. The Bertz CT molecular complexity index is 1020. The van der Waals surface area contributed by atoms with Crippen molar-refractivity contribution in [2.24, 2.45) is 0 Å². The van der Waals surface area contributed by atoms with E-state index in [2.05, 4.69) is 22.1 Å². The number of anilines is 2. The van der Waals surface area contributed by atoms with Crippen molar-refractivity contribution in [3.8, 4) is 0 Å². The lowest BCUT2D eigenvalue weighted by molar-refractivity contribution is -0.140. The Hall–Kier alpha value is -2.54. The molecule has 3 aromatic rings. The lowest BCUT2D eigenvalue weighted by Gasteiger charge is -2.25. The van der Waals surface area contributed by atoms with Crippen LogP contribution in [0.25, 0.3) is 0 Å². The van der Waals surface area contributed by atoms with Gasteiger partial charge >= 0.3 is 6.18 Å². The Labute approximate surface area is 191 Å². The van der Waals surface area contributed by atoms with E-state index < -0.39 is 11.7 Å². The van der Waals surface area contributed by atoms with E-state index in [1.54, 1.807) is 24.3 Å². The van der Waals surface area contributed by atoms with Crippen molar-refractivity contribution in [3.63, 3.8) is 0 Å². The lowest BCUT2D eigenvalue weighted by atomic mass is 9.84. The number of rotatable bonds is 6. The average molecular weight is 458 g/mol. The molecule has 0 radical (unpaired) electrons. The van der Waals surface area contributed by atoms with E-state index in [4.69, 9.17) is 0 Å². The molecule has 0 bridgehead atoms. The average Bonchev–Trinajstić information content (AvgIpc) is 2.81. The summed E-state index contributed by atoms with van der Waals surface area (Å²) in [6.45, 7) is 2.49. The van der Waals surface area contributed by atoms with Crippen LogP contribution >= 0.6 is 11.8 Å². The molecule has 32 heavy (non-hydrogen) atoms. The second-order valence-corrected chi connectivity index (χ2v) is 9.03. The van der Waals surface area contributed by atoms with Crippen molar-refractivity contribution in [1.82, 2.24) is 9.97 Å². The summed E-state index contributed by atoms with van der Waals surface area (Å²) in [6.07, 6.45) is 2.68. The maximum Gasteiger partial charge on any atom is 0.420 e. The number of alkyl halides is 3. The Morgan fingerprint density at radius 1 is 0.969 bits per heavy atom. The van der Waals surface area contributed by atoms with Gasteiger partial charge in [0.1, 0.15) is 10.6 Å². The number of hydrogen-bond donors (Lipinski definition) is 0. The molecule has 0 N–H and O–H groups in total. The van der Waals surface area contributed by atoms with Crippen molar-refractivity contribution in [3.05, 3.63) is 71.9 Å². The minimum absolute atomic E-state index is 0.0917. The smallest absolute Gasteiger partial charge is 0.311 e. The van der Waals surface area contributed by atoms with Crippen LogP contribution in [0.2, 0.25) is 0 Å². The number of benzene rings is 2. The predicted octanol–water partition coefficient (Wildman–Crippen LogP) is 7.85. The van der Waals surface area contributed by atoms with E-state index in [1.165, 1.54) is 37.7 Å². The first-order valence-corrected chi connectivity index (χ1v) is 11.8. The van der Waals surface area contributed by atoms with Gasteiger partial charge in [0.2, 0.25) is 5.95 Å². The van der Waals surface area contributed by atoms with Crippen LogP contribution < -0.4 is 4.90 Å². The van der Waals surface area contributed by atoms with Crippen molar-refractivity contribution in [2.45, 2.75) is 61.0 Å². The van der Waals surface area contributed by atoms with Crippen LogP contribution in [0, 0.1) is 0 Å². The molecule has 1 aromatic heterocycles. The van der Waals surface area contributed by atoms with Crippen LogP contribution in [-0.2, 0) is 6.18 Å². The van der Waals surface area contributed by atoms with Gasteiger partial charge in [-0.15, -0.1) is 0 Å². The zero-order valence-corrected chi connectivity index (χ0v) is 18.8. The number of aromatic nitrogens is 2. The van der Waals surface area contributed by atoms with E-state index in [0.29, 0.717) is 17.4 Å². The topological polar surface area (TPSA) is 29.0 Å². The van der Waals surface area contributed by atoms with Gasteiger partial charge in [0.05, 0.1) is 0 Å². The van der Waals surface area contributed by atoms with Gasteiger partial charge in [-0.25, -0.2) is 9.97 Å². The largest absolute Gasteiger partial charge is 0.420 e. The summed E-state index contributed by atoms with van der Waals surface area (Å²) in [7, 11) is 0. The van der Waals surface area contributed by atoms with Crippen molar-refractivity contribution < 1.29 is 13.2 Å². The monoisotopic (exact) mass is 457 g/mol. The van der Waals surface area contributed by atoms with Gasteiger partial charge in [0, 0.05) is 23.3 Å². The summed E-state index contributed by atoms with van der Waals surface area (Å²) in [5.74, 6) is 0.869. The maximum atomic E-state index is 13.6. The van der Waals surface area contributed by atoms with Crippen LogP contribution in [0.3, 0.4) is 0 Å². The first-order valence-electron chi connectivity index (χ1n) is 11.0. The van der Waals surface area contributed by atoms with Gasteiger partial charge < -0.3 is 4.90 Å². The molecule has 1 aliphatic rings. The third kappa shape index (κ3) is 5.26. The molecule has 0 atom stereocenters. The SMILES string of the molecule is CCN(c1ccc(C2CCCCC2)cc1)c1ncc(C(F)(F)F)c(Sc2ccccc2)n1. The third-order valence-corrected chi connectivity index (χ3v) is 6.86. The minimum atomic E-state index is -4.52. The molecule has 0 saturated heterocycles. The molecular weight excluding hydrogens is 431 g/mol. The first-order chi connectivity index (χ1) is 15.5. The summed E-state index contributed by atoms with van der Waals surface area (Å²) < 4.78 is 40.8. The quantitative estimate of drug-likeness (QED) is 0.352. The summed E-state index contributed by atoms with van der Waals surface area (Å²) in [5.41, 5.74) is 1.39. The molecule has 1 heterocycles. The molecular formula is C25H26F3N3S. The summed E-state index contributed by atoms with van der Waals surface area (Å²) >= 11 is 1.00. The highest BCUT2D eigenvalue weighted by molar-refractivity contribution is 7.99. The highest BCUT2D eigenvalue weighted by Gasteiger charge is 2.36. The molecule has 2 aromatic carbocycles. The van der Waals surface area contributed by atoms with Crippen LogP contribution in [-0.4, -0.2) is 16.5 Å². The van der Waals surface area contributed by atoms with Gasteiger partial charge in [-0.3, -0.25) is 0 Å². The number of hydrogen-bond acceptors (Lipinski definition) is 4. The van der Waals surface area contributed by atoms with Crippen molar-refractivity contribution in [1.29, 1.82) is 0 Å². The van der Waals surface area contributed by atoms with Gasteiger partial charge in [-0.2, -0.15) is 13.2 Å². The molecule has 0 amide bonds. The molecule has 1 fully saturated rings. The van der Waals surface area contributed by atoms with Gasteiger partial charge in [0.15, 0.2) is 0 Å². The second kappa shape index (κ2) is 9.94. The van der Waals surface area contributed by atoms with E-state index in [9.17, 15) is 13.2 Å². The Morgan fingerprint density at radius 2 is 1.66 bits per heavy atom. The summed E-state index contributed by atoms with van der Waals surface area (Å²) in [6, 6.07) is 17.3. The maximum absolute atomic E-state index is 13.6. The van der Waals surface area contributed by atoms with Gasteiger partial charge in [0.25, 0.3) is 0 Å². The van der Waals surface area contributed by atoms with Crippen LogP contribution in [0.1, 0.15) is 56.1 Å². The Balaban J connectivity index is 1.64. The van der Waals surface area contributed by atoms with Crippen LogP contribution in [0.4, 0.5) is 24.8 Å². The molecule has 1 aliphatic carbocycles. The predicted molar refractivity (Wildman–Crippen MR) is 123 cm³/mol. The lowest BCUT2D eigenvalue weighted by Crippen LogP contribution is -2.20. The number of nitrogens with zero attached hydrogens (tertiary/aromatic N) is 3. The second-order valence-electron chi connectivity index (χ2n) is 7.97. The summed E-state index contributed by atoms with van der Waals surface area (Å²) in [5, 5.41) is -0.0917. The molecule has 0 unspecified atom stereocenters. The minimum Gasteiger partial charge on any atom is -0.311 e. The molecule has 0 spiro atoms. The zero-order valence-electron chi connectivity index (χ0n) is 18.0. The molecule has 0 aliphatic heterocycles. The highest BCUT2D eigenvalue weighted by atomic mass is 32.2. The van der Waals surface area contributed by atoms with E-state index in [-0.39, 0.29) is 11.0 Å². The van der Waals surface area contributed by atoms with Crippen molar-refractivity contribution in [2.75, 3.05) is 11.4 Å². The normalized spacial score (nSPS) is 15.0. The van der Waals surface area contributed by atoms with E-state index in [1.807, 2.05) is 30.0 Å². The van der Waals surface area contributed by atoms with Crippen LogP contribution in [0.5, 0.6) is 0 Å². The zero-order chi connectivity index (χ0) is 22.6. The highest BCUT2D eigenvalue weighted by Crippen LogP contribution is 2.39. The third-order valence-electron chi connectivity index (χ3n) is 5.84. The van der Waals surface area contributed by atoms with Crippen molar-refractivity contribution >= 4 is 23.4 Å². The molecule has 7 heteroatoms. The fraction of sp³-hybridized carbons (Fsp3) is 0.360. The molecule has 3 nitrogen and oxygen atoms in total. The van der Waals surface area contributed by atoms with Gasteiger partial charge in [-0.05, 0) is 55.5 Å². The molecule has 4 rings (SSSR count). The van der Waals surface area contributed by atoms with E-state index >= 15 is 0 Å². The Kier molecular flexibility index (Phi) is 7.04. The van der Waals surface area contributed by atoms with Crippen LogP contribution in [0.15, 0.2) is 70.7 Å². The molecule has 1 saturated carbocycles. The van der Waals surface area contributed by atoms with Gasteiger partial charge in [-0.1, -0.05) is 61.4 Å².